The van der Waals surface area contributed by atoms with E-state index in [1.54, 1.807) is 19.1 Å². The molecule has 5 nitrogen and oxygen atoms in total. The summed E-state index contributed by atoms with van der Waals surface area (Å²) >= 11 is 8.39. The molecular weight excluding hydrogens is 316 g/mol. The Labute approximate surface area is 127 Å². The van der Waals surface area contributed by atoms with Gasteiger partial charge in [-0.2, -0.15) is 4.37 Å². The lowest BCUT2D eigenvalue weighted by atomic mass is 10.2. The van der Waals surface area contributed by atoms with Crippen LogP contribution in [0.5, 0.6) is 0 Å². The fourth-order valence-corrected chi connectivity index (χ4v) is 3.63. The van der Waals surface area contributed by atoms with E-state index in [4.69, 9.17) is 17.3 Å². The van der Waals surface area contributed by atoms with Crippen LogP contribution >= 0.6 is 34.5 Å². The van der Waals surface area contributed by atoms with Crippen LogP contribution in [0.15, 0.2) is 18.2 Å². The van der Waals surface area contributed by atoms with E-state index in [9.17, 15) is 4.79 Å². The van der Waals surface area contributed by atoms with E-state index in [-0.39, 0.29) is 5.91 Å². The molecule has 2 aromatic heterocycles. The van der Waals surface area contributed by atoms with Crippen molar-refractivity contribution >= 4 is 61.3 Å². The number of carbonyl (C=O) groups excluding carboxylic acids is 1. The van der Waals surface area contributed by atoms with Gasteiger partial charge >= 0.3 is 0 Å². The predicted octanol–water partition coefficient (Wildman–Crippen LogP) is 3.55. The first-order chi connectivity index (χ1) is 9.54. The maximum absolute atomic E-state index is 12.2. The molecule has 0 unspecified atom stereocenters. The summed E-state index contributed by atoms with van der Waals surface area (Å²) in [5, 5.41) is 4.61. The number of anilines is 2. The Morgan fingerprint density at radius 2 is 2.25 bits per heavy atom. The molecule has 3 N–H and O–H groups in total. The van der Waals surface area contributed by atoms with Gasteiger partial charge in [-0.25, -0.2) is 4.98 Å². The third kappa shape index (κ3) is 2.35. The minimum atomic E-state index is -0.282. The second-order valence-corrected chi connectivity index (χ2v) is 6.33. The number of nitrogens with zero attached hydrogens (tertiary/aromatic N) is 2. The Morgan fingerprint density at radius 3 is 2.95 bits per heavy atom. The molecule has 1 aromatic carbocycles. The van der Waals surface area contributed by atoms with Crippen LogP contribution in [0, 0.1) is 6.92 Å². The number of halogens is 1. The number of aryl methyl sites for hydroxylation is 1. The number of nitrogens with one attached hydrogen (secondary N) is 1. The van der Waals surface area contributed by atoms with Crippen LogP contribution in [0.3, 0.4) is 0 Å². The molecule has 3 aromatic rings. The van der Waals surface area contributed by atoms with Crippen molar-refractivity contribution in [2.45, 2.75) is 6.92 Å². The molecule has 0 aliphatic rings. The maximum Gasteiger partial charge on any atom is 0.269 e. The van der Waals surface area contributed by atoms with Gasteiger partial charge < -0.3 is 5.73 Å². The number of hydrogen-bond acceptors (Lipinski definition) is 6. The molecule has 20 heavy (non-hydrogen) atoms. The van der Waals surface area contributed by atoms with E-state index < -0.39 is 0 Å². The SMILES string of the molecule is Cc1nsc(NC(=O)c2sc3cc(Cl)ccc3c2N)n1. The van der Waals surface area contributed by atoms with E-state index in [2.05, 4.69) is 14.7 Å². The number of thiophene rings is 1. The molecule has 0 spiro atoms. The van der Waals surface area contributed by atoms with Gasteiger partial charge in [-0.3, -0.25) is 10.1 Å². The van der Waals surface area contributed by atoms with Gasteiger partial charge in [-0.15, -0.1) is 11.3 Å². The van der Waals surface area contributed by atoms with Gasteiger partial charge in [0, 0.05) is 26.6 Å². The predicted molar refractivity (Wildman–Crippen MR) is 83.8 cm³/mol. The first-order valence-electron chi connectivity index (χ1n) is 5.64. The molecule has 102 valence electrons. The number of hydrogen-bond donors (Lipinski definition) is 2. The summed E-state index contributed by atoms with van der Waals surface area (Å²) in [6.45, 7) is 1.77. The minimum Gasteiger partial charge on any atom is -0.397 e. The number of nitrogens with two attached hydrogens (primary N) is 1. The Kier molecular flexibility index (Phi) is 3.33. The molecule has 0 saturated carbocycles. The highest BCUT2D eigenvalue weighted by molar-refractivity contribution is 7.21. The molecule has 0 radical (unpaired) electrons. The highest BCUT2D eigenvalue weighted by Gasteiger charge is 2.17. The zero-order valence-corrected chi connectivity index (χ0v) is 12.7. The van der Waals surface area contributed by atoms with Crippen molar-refractivity contribution in [3.8, 4) is 0 Å². The highest BCUT2D eigenvalue weighted by atomic mass is 35.5. The topological polar surface area (TPSA) is 80.9 Å². The largest absolute Gasteiger partial charge is 0.397 e. The molecule has 2 heterocycles. The van der Waals surface area contributed by atoms with Gasteiger partial charge in [0.25, 0.3) is 5.91 Å². The Hall–Kier alpha value is -1.70. The molecular formula is C12H9ClN4OS2. The van der Waals surface area contributed by atoms with Crippen molar-refractivity contribution in [1.82, 2.24) is 9.36 Å². The molecule has 0 aliphatic heterocycles. The van der Waals surface area contributed by atoms with Crippen LogP contribution in [-0.4, -0.2) is 15.3 Å². The van der Waals surface area contributed by atoms with Crippen molar-refractivity contribution in [2.24, 2.45) is 0 Å². The number of carbonyl (C=O) groups is 1. The van der Waals surface area contributed by atoms with Crippen molar-refractivity contribution in [3.63, 3.8) is 0 Å². The van der Waals surface area contributed by atoms with E-state index in [1.165, 1.54) is 11.3 Å². The van der Waals surface area contributed by atoms with Crippen molar-refractivity contribution < 1.29 is 4.79 Å². The average molecular weight is 325 g/mol. The van der Waals surface area contributed by atoms with Gasteiger partial charge in [0.05, 0.1) is 5.69 Å². The van der Waals surface area contributed by atoms with Crippen LogP contribution in [0.4, 0.5) is 10.8 Å². The minimum absolute atomic E-state index is 0.282. The van der Waals surface area contributed by atoms with Crippen molar-refractivity contribution in [2.75, 3.05) is 11.1 Å². The zero-order valence-electron chi connectivity index (χ0n) is 10.3. The summed E-state index contributed by atoms with van der Waals surface area (Å²) in [5.74, 6) is 0.345. The highest BCUT2D eigenvalue weighted by Crippen LogP contribution is 2.35. The maximum atomic E-state index is 12.2. The normalized spacial score (nSPS) is 10.9. The average Bonchev–Trinajstić information content (AvgIpc) is 2.94. The summed E-state index contributed by atoms with van der Waals surface area (Å²) < 4.78 is 4.89. The first kappa shape index (κ1) is 13.3. The standard InChI is InChI=1S/C12H9ClN4OS2/c1-5-15-12(20-17-5)16-11(18)10-9(14)7-3-2-6(13)4-8(7)19-10/h2-4H,14H2,1H3,(H,15,16,17,18). The lowest BCUT2D eigenvalue weighted by Gasteiger charge is -1.99. The fourth-order valence-electron chi connectivity index (χ4n) is 1.76. The Bertz CT molecular complexity index is 811. The number of benzene rings is 1. The zero-order chi connectivity index (χ0) is 14.3. The van der Waals surface area contributed by atoms with Crippen LogP contribution in [0.2, 0.25) is 5.02 Å². The van der Waals surface area contributed by atoms with Crippen LogP contribution in [0.25, 0.3) is 10.1 Å². The van der Waals surface area contributed by atoms with Gasteiger partial charge in [-0.05, 0) is 25.1 Å². The summed E-state index contributed by atoms with van der Waals surface area (Å²) in [4.78, 5) is 16.8. The molecule has 3 rings (SSSR count). The molecule has 0 saturated heterocycles. The molecule has 0 fully saturated rings. The summed E-state index contributed by atoms with van der Waals surface area (Å²) in [6.07, 6.45) is 0. The first-order valence-corrected chi connectivity index (χ1v) is 7.60. The third-order valence-electron chi connectivity index (χ3n) is 2.64. The smallest absolute Gasteiger partial charge is 0.269 e. The lowest BCUT2D eigenvalue weighted by Crippen LogP contribution is -2.11. The lowest BCUT2D eigenvalue weighted by molar-refractivity contribution is 0.103. The van der Waals surface area contributed by atoms with Gasteiger partial charge in [0.15, 0.2) is 0 Å². The molecule has 8 heteroatoms. The summed E-state index contributed by atoms with van der Waals surface area (Å²) in [7, 11) is 0. The Balaban J connectivity index is 1.97. The molecule has 1 amide bonds. The monoisotopic (exact) mass is 324 g/mol. The van der Waals surface area contributed by atoms with Gasteiger partial charge in [0.2, 0.25) is 5.13 Å². The third-order valence-corrected chi connectivity index (χ3v) is 4.77. The van der Waals surface area contributed by atoms with E-state index in [1.807, 2.05) is 6.07 Å². The number of amides is 1. The molecule has 0 atom stereocenters. The summed E-state index contributed by atoms with van der Waals surface area (Å²) in [5.41, 5.74) is 6.48. The second-order valence-electron chi connectivity index (χ2n) is 4.09. The van der Waals surface area contributed by atoms with Crippen LogP contribution < -0.4 is 11.1 Å². The van der Waals surface area contributed by atoms with E-state index in [0.717, 1.165) is 21.6 Å². The van der Waals surface area contributed by atoms with Crippen LogP contribution in [0.1, 0.15) is 15.5 Å². The molecule has 0 bridgehead atoms. The van der Waals surface area contributed by atoms with Gasteiger partial charge in [-0.1, -0.05) is 11.6 Å². The van der Waals surface area contributed by atoms with Crippen LogP contribution in [-0.2, 0) is 0 Å². The van der Waals surface area contributed by atoms with E-state index in [0.29, 0.717) is 26.5 Å². The quantitative estimate of drug-likeness (QED) is 0.755. The number of fused-ring (bicyclic) bond motifs is 1. The number of rotatable bonds is 2. The van der Waals surface area contributed by atoms with E-state index >= 15 is 0 Å². The number of nitrogen functional groups attached to an aromatic ring is 1. The van der Waals surface area contributed by atoms with Gasteiger partial charge in [0.1, 0.15) is 10.7 Å². The fraction of sp³-hybridized carbons (Fsp3) is 0.0833. The second kappa shape index (κ2) is 5.01. The number of aromatic nitrogens is 2. The van der Waals surface area contributed by atoms with Crippen molar-refractivity contribution in [1.29, 1.82) is 0 Å². The molecule has 0 aliphatic carbocycles. The summed E-state index contributed by atoms with van der Waals surface area (Å²) in [6, 6.07) is 5.36. The van der Waals surface area contributed by atoms with Crippen molar-refractivity contribution in [3.05, 3.63) is 33.9 Å². The Morgan fingerprint density at radius 1 is 1.45 bits per heavy atom.